The first-order valence-electron chi connectivity index (χ1n) is 8.37. The molecule has 0 atom stereocenters. The number of hydrogen-bond donors (Lipinski definition) is 1. The third-order valence-electron chi connectivity index (χ3n) is 4.24. The van der Waals surface area contributed by atoms with Gasteiger partial charge in [0.05, 0.1) is 11.3 Å². The van der Waals surface area contributed by atoms with Crippen molar-refractivity contribution in [2.75, 3.05) is 14.1 Å². The molecule has 26 heavy (non-hydrogen) atoms. The number of carbonyl (C=O) groups excluding carboxylic acids is 1. The number of hydrogen-bond acceptors (Lipinski definition) is 4. The molecule has 0 spiro atoms. The van der Waals surface area contributed by atoms with Gasteiger partial charge in [-0.3, -0.25) is 4.79 Å². The zero-order valence-electron chi connectivity index (χ0n) is 15.6. The summed E-state index contributed by atoms with van der Waals surface area (Å²) in [5.74, 6) is -0.950. The van der Waals surface area contributed by atoms with Crippen molar-refractivity contribution in [1.29, 1.82) is 0 Å². The Labute approximate surface area is 158 Å². The molecule has 0 saturated heterocycles. The van der Waals surface area contributed by atoms with E-state index in [4.69, 9.17) is 5.11 Å². The maximum atomic E-state index is 12.2. The molecule has 0 radical (unpaired) electrons. The lowest BCUT2D eigenvalue weighted by atomic mass is 9.95. The van der Waals surface area contributed by atoms with Crippen molar-refractivity contribution in [3.8, 4) is 0 Å². The first-order chi connectivity index (χ1) is 12.3. The highest BCUT2D eigenvalue weighted by Gasteiger charge is 2.49. The smallest absolute Gasteiger partial charge is 0.335 e. The molecule has 1 aliphatic rings. The van der Waals surface area contributed by atoms with E-state index in [-0.39, 0.29) is 16.9 Å². The summed E-state index contributed by atoms with van der Waals surface area (Å²) in [5, 5.41) is 9.96. The largest absolute Gasteiger partial charge is 0.478 e. The molecular weight excluding hydrogens is 348 g/mol. The molecule has 0 bridgehead atoms. The number of carbonyl (C=O) groups is 2. The van der Waals surface area contributed by atoms with E-state index in [1.807, 2.05) is 26.0 Å². The van der Waals surface area contributed by atoms with Crippen LogP contribution in [0, 0.1) is 6.92 Å². The lowest BCUT2D eigenvalue weighted by molar-refractivity contribution is 0.0696. The normalized spacial score (nSPS) is 14.0. The summed E-state index contributed by atoms with van der Waals surface area (Å²) in [6.45, 7) is 7.11. The summed E-state index contributed by atoms with van der Waals surface area (Å²) >= 11 is 1.45. The average Bonchev–Trinajstić information content (AvgIpc) is 3.32. The zero-order chi connectivity index (χ0) is 19.5. The van der Waals surface area contributed by atoms with Gasteiger partial charge in [0.15, 0.2) is 0 Å². The molecule has 0 unspecified atom stereocenters. The number of amides is 1. The number of aromatic nitrogens is 1. The number of rotatable bonds is 4. The summed E-state index contributed by atoms with van der Waals surface area (Å²) in [6.07, 6.45) is 3.70. The lowest BCUT2D eigenvalue weighted by Gasteiger charge is -2.13. The highest BCUT2D eigenvalue weighted by Crippen LogP contribution is 2.54. The van der Waals surface area contributed by atoms with Gasteiger partial charge in [0.25, 0.3) is 5.91 Å². The fourth-order valence-electron chi connectivity index (χ4n) is 2.69. The number of carboxylic acids is 1. The van der Waals surface area contributed by atoms with Crippen molar-refractivity contribution in [3.63, 3.8) is 0 Å². The van der Waals surface area contributed by atoms with Crippen molar-refractivity contribution in [2.24, 2.45) is 0 Å². The van der Waals surface area contributed by atoms with Crippen LogP contribution in [-0.4, -0.2) is 41.0 Å². The van der Waals surface area contributed by atoms with Crippen LogP contribution in [0.1, 0.15) is 56.1 Å². The minimum Gasteiger partial charge on any atom is -0.478 e. The summed E-state index contributed by atoms with van der Waals surface area (Å²) in [4.78, 5) is 30.1. The van der Waals surface area contributed by atoms with Crippen LogP contribution in [0.3, 0.4) is 0 Å². The molecule has 1 amide bonds. The van der Waals surface area contributed by atoms with E-state index in [0.717, 1.165) is 29.1 Å². The third-order valence-corrected chi connectivity index (χ3v) is 5.59. The number of aryl methyl sites for hydroxylation is 1. The van der Waals surface area contributed by atoms with Crippen LogP contribution in [0.2, 0.25) is 0 Å². The molecule has 1 aromatic carbocycles. The number of allylic oxidation sites excluding steroid dienone is 1. The number of nitrogens with zero attached hydrogens (tertiary/aromatic N) is 2. The first kappa shape index (κ1) is 19.8. The monoisotopic (exact) mass is 372 g/mol. The van der Waals surface area contributed by atoms with E-state index in [1.54, 1.807) is 37.2 Å². The molecule has 1 saturated carbocycles. The molecule has 2 aromatic rings. The summed E-state index contributed by atoms with van der Waals surface area (Å²) < 4.78 is 0. The van der Waals surface area contributed by atoms with Crippen molar-refractivity contribution in [2.45, 2.75) is 32.1 Å². The van der Waals surface area contributed by atoms with Crippen molar-refractivity contribution in [3.05, 3.63) is 63.6 Å². The van der Waals surface area contributed by atoms with Gasteiger partial charge in [-0.05, 0) is 44.4 Å². The fraction of sp³-hybridized carbons (Fsp3) is 0.350. The van der Waals surface area contributed by atoms with Crippen LogP contribution in [0.4, 0.5) is 0 Å². The van der Waals surface area contributed by atoms with Crippen LogP contribution in [0.25, 0.3) is 0 Å². The van der Waals surface area contributed by atoms with Crippen molar-refractivity contribution < 1.29 is 14.7 Å². The van der Waals surface area contributed by atoms with E-state index in [1.165, 1.54) is 11.3 Å². The van der Waals surface area contributed by atoms with E-state index in [0.29, 0.717) is 4.88 Å². The molecule has 1 aromatic heterocycles. The minimum atomic E-state index is -0.926. The van der Waals surface area contributed by atoms with Gasteiger partial charge in [-0.15, -0.1) is 17.9 Å². The minimum absolute atomic E-state index is 0.0247. The maximum Gasteiger partial charge on any atom is 0.335 e. The van der Waals surface area contributed by atoms with E-state index in [2.05, 4.69) is 11.6 Å². The second-order valence-electron chi connectivity index (χ2n) is 6.51. The predicted octanol–water partition coefficient (Wildman–Crippen LogP) is 4.12. The van der Waals surface area contributed by atoms with Crippen LogP contribution < -0.4 is 0 Å². The Kier molecular flexibility index (Phi) is 5.97. The predicted molar refractivity (Wildman–Crippen MR) is 104 cm³/mol. The topological polar surface area (TPSA) is 70.5 Å². The molecule has 1 N–H and O–H groups in total. The molecule has 0 aliphatic heterocycles. The number of aromatic carboxylic acids is 1. The van der Waals surface area contributed by atoms with E-state index in [9.17, 15) is 9.59 Å². The number of carboxylic acid groups (broad SMARTS) is 1. The van der Waals surface area contributed by atoms with Gasteiger partial charge in [0.1, 0.15) is 9.88 Å². The highest BCUT2D eigenvalue weighted by molar-refractivity contribution is 7.14. The SMILES string of the molecule is C=CC.Cc1nc(C2(c3ccc(C(=O)O)cc3)CC2)sc1C(=O)N(C)C. The highest BCUT2D eigenvalue weighted by atomic mass is 32.1. The number of thiazole rings is 1. The molecule has 3 rings (SSSR count). The lowest BCUT2D eigenvalue weighted by Crippen LogP contribution is -2.21. The molecule has 1 aliphatic carbocycles. The van der Waals surface area contributed by atoms with Crippen LogP contribution in [0.5, 0.6) is 0 Å². The van der Waals surface area contributed by atoms with Gasteiger partial charge in [-0.25, -0.2) is 9.78 Å². The summed E-state index contributed by atoms with van der Waals surface area (Å²) in [6, 6.07) is 6.98. The number of benzene rings is 1. The second-order valence-corrected chi connectivity index (χ2v) is 7.51. The second kappa shape index (κ2) is 7.83. The first-order valence-corrected chi connectivity index (χ1v) is 9.19. The zero-order valence-corrected chi connectivity index (χ0v) is 16.4. The van der Waals surface area contributed by atoms with E-state index < -0.39 is 5.97 Å². The Balaban J connectivity index is 0.000000758. The average molecular weight is 372 g/mol. The van der Waals surface area contributed by atoms with Crippen LogP contribution in [-0.2, 0) is 5.41 Å². The summed E-state index contributed by atoms with van der Waals surface area (Å²) in [7, 11) is 3.47. The Morgan fingerprint density at radius 1 is 1.27 bits per heavy atom. The molecule has 138 valence electrons. The van der Waals surface area contributed by atoms with Gasteiger partial charge in [0.2, 0.25) is 0 Å². The van der Waals surface area contributed by atoms with Gasteiger partial charge in [-0.1, -0.05) is 18.2 Å². The Hall–Kier alpha value is -2.47. The van der Waals surface area contributed by atoms with Crippen LogP contribution in [0.15, 0.2) is 36.9 Å². The summed E-state index contributed by atoms with van der Waals surface area (Å²) in [5.41, 5.74) is 1.96. The Morgan fingerprint density at radius 2 is 1.81 bits per heavy atom. The molecule has 1 fully saturated rings. The molecule has 1 heterocycles. The maximum absolute atomic E-state index is 12.2. The Morgan fingerprint density at radius 3 is 2.23 bits per heavy atom. The molecule has 6 heteroatoms. The third kappa shape index (κ3) is 3.85. The van der Waals surface area contributed by atoms with Gasteiger partial charge in [-0.2, -0.15) is 0 Å². The van der Waals surface area contributed by atoms with E-state index >= 15 is 0 Å². The quantitative estimate of drug-likeness (QED) is 0.820. The molecular formula is C20H24N2O3S. The molecule has 5 nitrogen and oxygen atoms in total. The Bertz CT molecular complexity index is 818. The van der Waals surface area contributed by atoms with Gasteiger partial charge < -0.3 is 10.0 Å². The van der Waals surface area contributed by atoms with Crippen molar-refractivity contribution in [1.82, 2.24) is 9.88 Å². The van der Waals surface area contributed by atoms with Crippen molar-refractivity contribution >= 4 is 23.2 Å². The standard InChI is InChI=1S/C17H18N2O3S.C3H6/c1-10-13(14(20)19(2)3)23-16(18-10)17(8-9-17)12-6-4-11(5-7-12)15(21)22;1-3-2/h4-7H,8-9H2,1-3H3,(H,21,22);3H,1H2,2H3. The van der Waals surface area contributed by atoms with Gasteiger partial charge in [0, 0.05) is 19.5 Å². The van der Waals surface area contributed by atoms with Gasteiger partial charge >= 0.3 is 5.97 Å². The van der Waals surface area contributed by atoms with Crippen LogP contribution >= 0.6 is 11.3 Å². The fourth-order valence-corrected chi connectivity index (χ4v) is 4.04.